The number of benzene rings is 1. The van der Waals surface area contributed by atoms with Crippen LogP contribution >= 0.6 is 15.9 Å². The van der Waals surface area contributed by atoms with Crippen LogP contribution in [0.5, 0.6) is 5.75 Å². The van der Waals surface area contributed by atoms with Crippen molar-refractivity contribution in [2.24, 2.45) is 0 Å². The zero-order valence-corrected chi connectivity index (χ0v) is 11.5. The van der Waals surface area contributed by atoms with Crippen molar-refractivity contribution in [1.29, 1.82) is 0 Å². The van der Waals surface area contributed by atoms with Crippen molar-refractivity contribution in [3.63, 3.8) is 0 Å². The highest BCUT2D eigenvalue weighted by Gasteiger charge is 2.06. The highest BCUT2D eigenvalue weighted by molar-refractivity contribution is 9.10. The second-order valence-electron chi connectivity index (χ2n) is 3.85. The summed E-state index contributed by atoms with van der Waals surface area (Å²) in [5, 5.41) is 0. The van der Waals surface area contributed by atoms with Crippen LogP contribution in [0.2, 0.25) is 0 Å². The van der Waals surface area contributed by atoms with Gasteiger partial charge >= 0.3 is 0 Å². The Morgan fingerprint density at radius 1 is 1.29 bits per heavy atom. The fourth-order valence-electron chi connectivity index (χ4n) is 1.70. The molecule has 0 atom stereocenters. The number of H-pyrrole nitrogens is 1. The third-order valence-electron chi connectivity index (χ3n) is 2.46. The van der Waals surface area contributed by atoms with Crippen LogP contribution in [-0.2, 0) is 6.42 Å². The molecule has 0 amide bonds. The Bertz CT molecular complexity index is 491. The maximum Gasteiger partial charge on any atom is 0.127 e. The maximum absolute atomic E-state index is 5.41. The third kappa shape index (κ3) is 3.09. The molecule has 17 heavy (non-hydrogen) atoms. The van der Waals surface area contributed by atoms with E-state index in [0.29, 0.717) is 6.61 Å². The summed E-state index contributed by atoms with van der Waals surface area (Å²) in [6.07, 6.45) is 0.841. The number of hydrogen-bond donors (Lipinski definition) is 1. The molecule has 0 saturated heterocycles. The van der Waals surface area contributed by atoms with Crippen LogP contribution in [0.1, 0.15) is 24.0 Å². The van der Waals surface area contributed by atoms with Gasteiger partial charge in [-0.2, -0.15) is 0 Å². The molecule has 0 aliphatic heterocycles. The number of aryl methyl sites for hydroxylation is 1. The summed E-state index contributed by atoms with van der Waals surface area (Å²) in [6, 6.07) is 8.15. The lowest BCUT2D eigenvalue weighted by Crippen LogP contribution is -1.93. The number of imidazole rings is 1. The molecule has 0 bridgehead atoms. The number of halogens is 1. The Morgan fingerprint density at radius 3 is 2.53 bits per heavy atom. The van der Waals surface area contributed by atoms with Gasteiger partial charge in [-0.3, -0.25) is 0 Å². The molecule has 1 aromatic heterocycles. The first-order chi connectivity index (χ1) is 8.19. The van der Waals surface area contributed by atoms with Crippen LogP contribution < -0.4 is 4.74 Å². The van der Waals surface area contributed by atoms with Crippen molar-refractivity contribution in [3.05, 3.63) is 46.0 Å². The van der Waals surface area contributed by atoms with E-state index >= 15 is 0 Å². The van der Waals surface area contributed by atoms with E-state index in [0.717, 1.165) is 28.3 Å². The molecule has 0 radical (unpaired) electrons. The lowest BCUT2D eigenvalue weighted by atomic mass is 10.1. The molecular weight excluding hydrogens is 280 g/mol. The summed E-state index contributed by atoms with van der Waals surface area (Å²) >= 11 is 3.45. The summed E-state index contributed by atoms with van der Waals surface area (Å²) in [6.45, 7) is 4.63. The first-order valence-corrected chi connectivity index (χ1v) is 6.41. The minimum atomic E-state index is 0.699. The van der Waals surface area contributed by atoms with Gasteiger partial charge in [0, 0.05) is 6.42 Å². The molecule has 1 N–H and O–H groups in total. The van der Waals surface area contributed by atoms with E-state index in [1.54, 1.807) is 0 Å². The average molecular weight is 295 g/mol. The highest BCUT2D eigenvalue weighted by Crippen LogP contribution is 2.19. The molecule has 1 aromatic carbocycles. The fourth-order valence-corrected chi connectivity index (χ4v) is 2.21. The van der Waals surface area contributed by atoms with E-state index in [2.05, 4.69) is 38.0 Å². The third-order valence-corrected chi connectivity index (χ3v) is 3.12. The molecule has 0 fully saturated rings. The molecule has 0 aliphatic carbocycles. The smallest absolute Gasteiger partial charge is 0.127 e. The van der Waals surface area contributed by atoms with Crippen LogP contribution in [0, 0.1) is 6.92 Å². The van der Waals surface area contributed by atoms with E-state index in [1.807, 2.05) is 26.0 Å². The number of rotatable bonds is 4. The van der Waals surface area contributed by atoms with Crippen molar-refractivity contribution in [1.82, 2.24) is 9.97 Å². The summed E-state index contributed by atoms with van der Waals surface area (Å²) < 4.78 is 6.30. The minimum absolute atomic E-state index is 0.699. The lowest BCUT2D eigenvalue weighted by Gasteiger charge is -2.04. The van der Waals surface area contributed by atoms with Gasteiger partial charge in [-0.15, -0.1) is 0 Å². The fraction of sp³-hybridized carbons (Fsp3) is 0.308. The number of hydrogen-bond acceptors (Lipinski definition) is 2. The van der Waals surface area contributed by atoms with Gasteiger partial charge in [-0.05, 0) is 47.5 Å². The van der Waals surface area contributed by atoms with Gasteiger partial charge in [-0.25, -0.2) is 4.98 Å². The van der Waals surface area contributed by atoms with Crippen molar-refractivity contribution < 1.29 is 4.74 Å². The van der Waals surface area contributed by atoms with Gasteiger partial charge in [0.15, 0.2) is 0 Å². The second kappa shape index (κ2) is 5.36. The van der Waals surface area contributed by atoms with Gasteiger partial charge in [0.25, 0.3) is 0 Å². The monoisotopic (exact) mass is 294 g/mol. The zero-order valence-electron chi connectivity index (χ0n) is 9.96. The van der Waals surface area contributed by atoms with Crippen LogP contribution in [-0.4, -0.2) is 16.6 Å². The first kappa shape index (κ1) is 12.2. The zero-order chi connectivity index (χ0) is 12.3. The SMILES string of the molecule is CCOc1ccc(Cc2[nH]c(C)nc2Br)cc1. The van der Waals surface area contributed by atoms with Gasteiger partial charge in [0.1, 0.15) is 16.2 Å². The molecule has 0 saturated carbocycles. The Kier molecular flexibility index (Phi) is 3.84. The number of aromatic amines is 1. The van der Waals surface area contributed by atoms with Crippen molar-refractivity contribution in [3.8, 4) is 5.75 Å². The van der Waals surface area contributed by atoms with Crippen molar-refractivity contribution in [2.45, 2.75) is 20.3 Å². The molecule has 2 rings (SSSR count). The quantitative estimate of drug-likeness (QED) is 0.938. The molecule has 90 valence electrons. The van der Waals surface area contributed by atoms with E-state index in [9.17, 15) is 0 Å². The van der Waals surface area contributed by atoms with Gasteiger partial charge in [-0.1, -0.05) is 12.1 Å². The topological polar surface area (TPSA) is 37.9 Å². The van der Waals surface area contributed by atoms with Crippen LogP contribution in [0.25, 0.3) is 0 Å². The average Bonchev–Trinajstić information content (AvgIpc) is 2.61. The molecule has 0 spiro atoms. The molecule has 3 nitrogen and oxygen atoms in total. The first-order valence-electron chi connectivity index (χ1n) is 5.61. The normalized spacial score (nSPS) is 10.5. The van der Waals surface area contributed by atoms with Crippen LogP contribution in [0.3, 0.4) is 0 Å². The van der Waals surface area contributed by atoms with Crippen LogP contribution in [0.15, 0.2) is 28.9 Å². The minimum Gasteiger partial charge on any atom is -0.494 e. The van der Waals surface area contributed by atoms with E-state index in [4.69, 9.17) is 4.74 Å². The largest absolute Gasteiger partial charge is 0.494 e. The second-order valence-corrected chi connectivity index (χ2v) is 4.60. The lowest BCUT2D eigenvalue weighted by molar-refractivity contribution is 0.340. The molecule has 2 aromatic rings. The summed E-state index contributed by atoms with van der Waals surface area (Å²) in [5.41, 5.74) is 2.34. The number of aromatic nitrogens is 2. The van der Waals surface area contributed by atoms with Crippen LogP contribution in [0.4, 0.5) is 0 Å². The molecule has 0 unspecified atom stereocenters. The highest BCUT2D eigenvalue weighted by atomic mass is 79.9. The summed E-state index contributed by atoms with van der Waals surface area (Å²) in [4.78, 5) is 7.53. The molecule has 0 aliphatic rings. The Balaban J connectivity index is 2.11. The van der Waals surface area contributed by atoms with Gasteiger partial charge < -0.3 is 9.72 Å². The Morgan fingerprint density at radius 2 is 2.00 bits per heavy atom. The summed E-state index contributed by atoms with van der Waals surface area (Å²) in [5.74, 6) is 1.84. The van der Waals surface area contributed by atoms with E-state index in [1.165, 1.54) is 5.56 Å². The number of nitrogens with one attached hydrogen (secondary N) is 1. The van der Waals surface area contributed by atoms with E-state index < -0.39 is 0 Å². The maximum atomic E-state index is 5.41. The number of ether oxygens (including phenoxy) is 1. The standard InChI is InChI=1S/C13H15BrN2O/c1-3-17-11-6-4-10(5-7-11)8-12-13(14)16-9(2)15-12/h4-7H,3,8H2,1-2H3,(H,15,16). The van der Waals surface area contributed by atoms with Gasteiger partial charge in [0.05, 0.1) is 12.3 Å². The predicted molar refractivity (Wildman–Crippen MR) is 71.4 cm³/mol. The Labute approximate surface area is 109 Å². The van der Waals surface area contributed by atoms with E-state index in [-0.39, 0.29) is 0 Å². The predicted octanol–water partition coefficient (Wildman–Crippen LogP) is 3.47. The molecule has 1 heterocycles. The Hall–Kier alpha value is -1.29. The molecular formula is C13H15BrN2O. The van der Waals surface area contributed by atoms with Gasteiger partial charge in [0.2, 0.25) is 0 Å². The summed E-state index contributed by atoms with van der Waals surface area (Å²) in [7, 11) is 0. The number of nitrogens with zero attached hydrogens (tertiary/aromatic N) is 1. The van der Waals surface area contributed by atoms with Crippen molar-refractivity contribution in [2.75, 3.05) is 6.61 Å². The van der Waals surface area contributed by atoms with Crippen molar-refractivity contribution >= 4 is 15.9 Å². The molecule has 4 heteroatoms.